The zero-order valence-electron chi connectivity index (χ0n) is 12.7. The van der Waals surface area contributed by atoms with Gasteiger partial charge in [-0.05, 0) is 26.0 Å². The molecule has 1 aromatic carbocycles. The zero-order chi connectivity index (χ0) is 15.7. The average molecular weight is 301 g/mol. The molecule has 22 heavy (non-hydrogen) atoms. The number of amides is 1. The van der Waals surface area contributed by atoms with Crippen LogP contribution >= 0.6 is 0 Å². The van der Waals surface area contributed by atoms with Crippen molar-refractivity contribution in [2.75, 3.05) is 13.2 Å². The Kier molecular flexibility index (Phi) is 3.81. The second kappa shape index (κ2) is 5.64. The SMILES string of the molecule is C#CCN1C(=O)[C@H](Oc2ccccc2)[C@@H]1[C@H]1COC(C)(C)O1. The van der Waals surface area contributed by atoms with E-state index in [4.69, 9.17) is 20.6 Å². The highest BCUT2D eigenvalue weighted by atomic mass is 16.7. The molecule has 2 aliphatic rings. The van der Waals surface area contributed by atoms with Gasteiger partial charge in [0.15, 0.2) is 11.9 Å². The molecular formula is C17H19NO4. The Bertz CT molecular complexity index is 592. The summed E-state index contributed by atoms with van der Waals surface area (Å²) in [5.41, 5.74) is 0. The molecule has 0 bridgehead atoms. The van der Waals surface area contributed by atoms with Crippen molar-refractivity contribution >= 4 is 5.91 Å². The van der Waals surface area contributed by atoms with E-state index in [1.165, 1.54) is 0 Å². The van der Waals surface area contributed by atoms with Gasteiger partial charge in [-0.25, -0.2) is 0 Å². The Morgan fingerprint density at radius 2 is 2.14 bits per heavy atom. The minimum absolute atomic E-state index is 0.111. The van der Waals surface area contributed by atoms with E-state index in [9.17, 15) is 4.79 Å². The fraction of sp³-hybridized carbons (Fsp3) is 0.471. The van der Waals surface area contributed by atoms with Gasteiger partial charge in [0, 0.05) is 0 Å². The van der Waals surface area contributed by atoms with E-state index in [1.54, 1.807) is 4.90 Å². The van der Waals surface area contributed by atoms with Crippen molar-refractivity contribution in [3.05, 3.63) is 30.3 Å². The topological polar surface area (TPSA) is 48.0 Å². The third kappa shape index (κ3) is 2.68. The standard InChI is InChI=1S/C17H19NO4/c1-4-10-18-14(13-11-20-17(2,3)22-13)15(16(18)19)21-12-8-6-5-7-9-12/h1,5-9,13-15H,10-11H2,2-3H3/t13-,14+,15-/m1/s1. The second-order valence-corrected chi connectivity index (χ2v) is 5.88. The number of β-lactam (4-membered cyclic amide) rings is 1. The molecule has 0 aromatic heterocycles. The number of para-hydroxylation sites is 1. The van der Waals surface area contributed by atoms with Gasteiger partial charge in [-0.1, -0.05) is 24.1 Å². The predicted octanol–water partition coefficient (Wildman–Crippen LogP) is 1.43. The summed E-state index contributed by atoms with van der Waals surface area (Å²) in [5.74, 6) is 2.41. The van der Waals surface area contributed by atoms with Crippen LogP contribution in [0.4, 0.5) is 0 Å². The first-order valence-electron chi connectivity index (χ1n) is 7.29. The van der Waals surface area contributed by atoms with Crippen LogP contribution in [0.2, 0.25) is 0 Å². The van der Waals surface area contributed by atoms with Gasteiger partial charge in [0.05, 0.1) is 13.2 Å². The number of ether oxygens (including phenoxy) is 3. The molecule has 1 amide bonds. The smallest absolute Gasteiger partial charge is 0.267 e. The maximum Gasteiger partial charge on any atom is 0.267 e. The minimum atomic E-state index is -0.650. The molecule has 0 unspecified atom stereocenters. The molecule has 2 saturated heterocycles. The van der Waals surface area contributed by atoms with Crippen molar-refractivity contribution in [3.63, 3.8) is 0 Å². The van der Waals surface area contributed by atoms with Crippen LogP contribution in [0.3, 0.4) is 0 Å². The number of benzene rings is 1. The van der Waals surface area contributed by atoms with Gasteiger partial charge >= 0.3 is 0 Å². The molecule has 1 aromatic rings. The molecule has 5 nitrogen and oxygen atoms in total. The van der Waals surface area contributed by atoms with Crippen LogP contribution in [0.25, 0.3) is 0 Å². The summed E-state index contributed by atoms with van der Waals surface area (Å²) in [4.78, 5) is 13.9. The lowest BCUT2D eigenvalue weighted by Crippen LogP contribution is -2.71. The van der Waals surface area contributed by atoms with Gasteiger partial charge in [-0.2, -0.15) is 0 Å². The number of likely N-dealkylation sites (tertiary alicyclic amines) is 1. The predicted molar refractivity (Wildman–Crippen MR) is 80.1 cm³/mol. The maximum absolute atomic E-state index is 12.3. The Hall–Kier alpha value is -2.03. The van der Waals surface area contributed by atoms with Crippen molar-refractivity contribution < 1.29 is 19.0 Å². The molecule has 0 N–H and O–H groups in total. The van der Waals surface area contributed by atoms with Crippen molar-refractivity contribution in [1.29, 1.82) is 0 Å². The minimum Gasteiger partial charge on any atom is -0.478 e. The summed E-state index contributed by atoms with van der Waals surface area (Å²) in [6.45, 7) is 4.37. The number of terminal acetylenes is 1. The van der Waals surface area contributed by atoms with Gasteiger partial charge in [-0.15, -0.1) is 6.42 Å². The first-order valence-corrected chi connectivity index (χ1v) is 7.29. The van der Waals surface area contributed by atoms with Gasteiger partial charge < -0.3 is 19.1 Å². The molecule has 0 spiro atoms. The number of hydrogen-bond donors (Lipinski definition) is 0. The molecule has 3 rings (SSSR count). The number of carbonyl (C=O) groups is 1. The monoisotopic (exact) mass is 301 g/mol. The van der Waals surface area contributed by atoms with E-state index in [-0.39, 0.29) is 24.6 Å². The van der Waals surface area contributed by atoms with E-state index in [2.05, 4.69) is 5.92 Å². The van der Waals surface area contributed by atoms with Gasteiger partial charge in [0.1, 0.15) is 17.9 Å². The Morgan fingerprint density at radius 1 is 1.41 bits per heavy atom. The first-order chi connectivity index (χ1) is 10.5. The fourth-order valence-electron chi connectivity index (χ4n) is 2.86. The molecule has 0 radical (unpaired) electrons. The Morgan fingerprint density at radius 3 is 2.73 bits per heavy atom. The van der Waals surface area contributed by atoms with Gasteiger partial charge in [-0.3, -0.25) is 4.79 Å². The van der Waals surface area contributed by atoms with E-state index >= 15 is 0 Å². The summed E-state index contributed by atoms with van der Waals surface area (Å²) in [7, 11) is 0. The summed E-state index contributed by atoms with van der Waals surface area (Å²) in [5, 5.41) is 0. The second-order valence-electron chi connectivity index (χ2n) is 5.88. The van der Waals surface area contributed by atoms with E-state index in [1.807, 2.05) is 44.2 Å². The summed E-state index contributed by atoms with van der Waals surface area (Å²) < 4.78 is 17.3. The van der Waals surface area contributed by atoms with Gasteiger partial charge in [0.25, 0.3) is 5.91 Å². The largest absolute Gasteiger partial charge is 0.478 e. The van der Waals surface area contributed by atoms with Crippen LogP contribution in [0.5, 0.6) is 5.75 Å². The Labute approximate surface area is 130 Å². The molecule has 5 heteroatoms. The molecule has 116 valence electrons. The molecular weight excluding hydrogens is 282 g/mol. The van der Waals surface area contributed by atoms with Crippen molar-refractivity contribution in [2.24, 2.45) is 0 Å². The van der Waals surface area contributed by atoms with Crippen molar-refractivity contribution in [3.8, 4) is 18.1 Å². The fourth-order valence-corrected chi connectivity index (χ4v) is 2.86. The lowest BCUT2D eigenvalue weighted by atomic mass is 9.92. The third-order valence-electron chi connectivity index (χ3n) is 3.88. The number of nitrogens with zero attached hydrogens (tertiary/aromatic N) is 1. The highest BCUT2D eigenvalue weighted by molar-refractivity contribution is 5.89. The lowest BCUT2D eigenvalue weighted by molar-refractivity contribution is -0.184. The Balaban J connectivity index is 1.76. The van der Waals surface area contributed by atoms with Crippen LogP contribution < -0.4 is 4.74 Å². The number of carbonyl (C=O) groups excluding carboxylic acids is 1. The summed E-state index contributed by atoms with van der Waals surface area (Å²) in [6, 6.07) is 9.05. The normalized spacial score (nSPS) is 29.8. The zero-order valence-corrected chi connectivity index (χ0v) is 12.7. The van der Waals surface area contributed by atoms with Crippen LogP contribution in [0.15, 0.2) is 30.3 Å². The van der Waals surface area contributed by atoms with E-state index in [0.717, 1.165) is 0 Å². The highest BCUT2D eigenvalue weighted by Crippen LogP contribution is 2.34. The molecule has 2 heterocycles. The molecule has 3 atom stereocenters. The molecule has 2 fully saturated rings. The van der Waals surface area contributed by atoms with Crippen LogP contribution in [0, 0.1) is 12.3 Å². The highest BCUT2D eigenvalue weighted by Gasteiger charge is 2.56. The molecule has 0 saturated carbocycles. The average Bonchev–Trinajstić information content (AvgIpc) is 2.86. The molecule has 2 aliphatic heterocycles. The third-order valence-corrected chi connectivity index (χ3v) is 3.88. The van der Waals surface area contributed by atoms with Crippen LogP contribution in [0.1, 0.15) is 13.8 Å². The lowest BCUT2D eigenvalue weighted by Gasteiger charge is -2.47. The number of rotatable bonds is 4. The number of hydrogen-bond acceptors (Lipinski definition) is 4. The van der Waals surface area contributed by atoms with E-state index in [0.29, 0.717) is 12.4 Å². The summed E-state index contributed by atoms with van der Waals surface area (Å²) >= 11 is 0. The van der Waals surface area contributed by atoms with Crippen LogP contribution in [-0.2, 0) is 14.3 Å². The first kappa shape index (κ1) is 14.9. The summed E-state index contributed by atoms with van der Waals surface area (Å²) in [6.07, 6.45) is 4.53. The quantitative estimate of drug-likeness (QED) is 0.623. The van der Waals surface area contributed by atoms with Crippen LogP contribution in [-0.4, -0.2) is 48.0 Å². The van der Waals surface area contributed by atoms with Crippen molar-refractivity contribution in [1.82, 2.24) is 4.90 Å². The van der Waals surface area contributed by atoms with Crippen molar-refractivity contribution in [2.45, 2.75) is 37.9 Å². The van der Waals surface area contributed by atoms with E-state index < -0.39 is 11.9 Å². The van der Waals surface area contributed by atoms with Gasteiger partial charge in [0.2, 0.25) is 0 Å². The molecule has 0 aliphatic carbocycles. The maximum atomic E-state index is 12.3.